The van der Waals surface area contributed by atoms with Gasteiger partial charge in [0.25, 0.3) is 0 Å². The lowest BCUT2D eigenvalue weighted by Crippen LogP contribution is -2.39. The molecule has 1 heterocycles. The number of nitrogens with zero attached hydrogens (tertiary/aromatic N) is 1. The second-order valence-corrected chi connectivity index (χ2v) is 10.1. The Morgan fingerprint density at radius 1 is 1.06 bits per heavy atom. The van der Waals surface area contributed by atoms with Crippen molar-refractivity contribution in [3.05, 3.63) is 65.4 Å². The summed E-state index contributed by atoms with van der Waals surface area (Å²) in [4.78, 5) is 28.8. The number of allylic oxidation sites excluding steroid dienone is 1. The minimum atomic E-state index is -0.476. The number of rotatable bonds is 7. The molecule has 0 radical (unpaired) electrons. The van der Waals surface area contributed by atoms with Crippen LogP contribution >= 0.6 is 0 Å². The van der Waals surface area contributed by atoms with Gasteiger partial charge >= 0.3 is 0 Å². The van der Waals surface area contributed by atoms with Crippen LogP contribution in [0.2, 0.25) is 0 Å². The molecule has 5 heteroatoms. The van der Waals surface area contributed by atoms with E-state index in [9.17, 15) is 9.59 Å². The largest absolute Gasteiger partial charge is 0.494 e. The molecule has 1 unspecified atom stereocenters. The predicted molar refractivity (Wildman–Crippen MR) is 137 cm³/mol. The van der Waals surface area contributed by atoms with E-state index in [1.165, 1.54) is 0 Å². The molecule has 0 aromatic heterocycles. The second-order valence-electron chi connectivity index (χ2n) is 10.1. The molecule has 0 saturated carbocycles. The summed E-state index contributed by atoms with van der Waals surface area (Å²) in [5, 5.41) is 3.55. The highest BCUT2D eigenvalue weighted by Gasteiger charge is 2.42. The number of ketones is 1. The van der Waals surface area contributed by atoms with Crippen LogP contribution < -0.4 is 15.0 Å². The van der Waals surface area contributed by atoms with E-state index < -0.39 is 6.04 Å². The lowest BCUT2D eigenvalue weighted by molar-refractivity contribution is -0.119. The van der Waals surface area contributed by atoms with E-state index in [1.54, 1.807) is 0 Å². The first-order valence-corrected chi connectivity index (χ1v) is 12.5. The van der Waals surface area contributed by atoms with Crippen molar-refractivity contribution in [2.75, 3.05) is 16.8 Å². The quantitative estimate of drug-likeness (QED) is 0.461. The number of nitrogens with one attached hydrogen (secondary N) is 1. The molecule has 34 heavy (non-hydrogen) atoms. The normalized spacial score (nSPS) is 19.1. The Morgan fingerprint density at radius 2 is 1.79 bits per heavy atom. The number of carbonyl (C=O) groups is 2. The van der Waals surface area contributed by atoms with Gasteiger partial charge in [-0.15, -0.1) is 0 Å². The van der Waals surface area contributed by atoms with Crippen molar-refractivity contribution in [3.63, 3.8) is 0 Å². The molecule has 2 aliphatic rings. The Morgan fingerprint density at radius 3 is 2.50 bits per heavy atom. The third-order valence-electron chi connectivity index (χ3n) is 6.68. The molecular formula is C29H36N2O3. The summed E-state index contributed by atoms with van der Waals surface area (Å²) in [5.74, 6) is 0.904. The number of hydrogen-bond acceptors (Lipinski definition) is 4. The van der Waals surface area contributed by atoms with Gasteiger partial charge in [0.05, 0.1) is 24.0 Å². The Labute approximate surface area is 203 Å². The van der Waals surface area contributed by atoms with E-state index in [2.05, 4.69) is 26.1 Å². The monoisotopic (exact) mass is 460 g/mol. The van der Waals surface area contributed by atoms with Crippen molar-refractivity contribution in [1.82, 2.24) is 0 Å². The van der Waals surface area contributed by atoms with Crippen molar-refractivity contribution < 1.29 is 14.3 Å². The van der Waals surface area contributed by atoms with Crippen LogP contribution in [-0.4, -0.2) is 18.3 Å². The molecular weight excluding hydrogens is 424 g/mol. The molecule has 4 rings (SSSR count). The maximum Gasteiger partial charge on any atom is 0.227 e. The van der Waals surface area contributed by atoms with Crippen LogP contribution in [0.1, 0.15) is 77.8 Å². The summed E-state index contributed by atoms with van der Waals surface area (Å²) in [6.07, 6.45) is 4.91. The van der Waals surface area contributed by atoms with Crippen molar-refractivity contribution in [1.29, 1.82) is 0 Å². The number of benzene rings is 2. The highest BCUT2D eigenvalue weighted by Crippen LogP contribution is 2.48. The van der Waals surface area contributed by atoms with Crippen LogP contribution in [0.3, 0.4) is 0 Å². The van der Waals surface area contributed by atoms with Crippen molar-refractivity contribution >= 4 is 23.1 Å². The van der Waals surface area contributed by atoms with Gasteiger partial charge in [0.15, 0.2) is 5.78 Å². The number of anilines is 2. The third kappa shape index (κ3) is 4.89. The highest BCUT2D eigenvalue weighted by molar-refractivity contribution is 6.06. The van der Waals surface area contributed by atoms with Crippen LogP contribution in [-0.2, 0) is 9.59 Å². The van der Waals surface area contributed by atoms with Gasteiger partial charge in [-0.1, -0.05) is 64.8 Å². The number of unbranched alkanes of at least 4 members (excludes halogenated alkanes) is 2. The zero-order chi connectivity index (χ0) is 24.3. The van der Waals surface area contributed by atoms with Gasteiger partial charge < -0.3 is 10.1 Å². The summed E-state index contributed by atoms with van der Waals surface area (Å²) in [6, 6.07) is 15.3. The number of para-hydroxylation sites is 2. The van der Waals surface area contributed by atoms with E-state index in [0.29, 0.717) is 25.0 Å². The SMILES string of the molecule is CCCCCOc1ccc(C2C3=C(CC(C)(C)CC3=O)Nc3ccccc3N2C(=O)CC)cc1. The Bertz CT molecular complexity index is 1080. The number of carbonyl (C=O) groups excluding carboxylic acids is 2. The van der Waals surface area contributed by atoms with Gasteiger partial charge in [-0.3, -0.25) is 14.5 Å². The maximum absolute atomic E-state index is 13.6. The number of hydrogen-bond donors (Lipinski definition) is 1. The molecule has 0 saturated heterocycles. The lowest BCUT2D eigenvalue weighted by Gasteiger charge is -2.37. The van der Waals surface area contributed by atoms with Crippen molar-refractivity contribution in [3.8, 4) is 5.75 Å². The molecule has 1 amide bonds. The average molecular weight is 461 g/mol. The van der Waals surface area contributed by atoms with Crippen LogP contribution in [0, 0.1) is 5.41 Å². The fourth-order valence-corrected chi connectivity index (χ4v) is 5.04. The summed E-state index contributed by atoms with van der Waals surface area (Å²) >= 11 is 0. The number of ether oxygens (including phenoxy) is 1. The van der Waals surface area contributed by atoms with Gasteiger partial charge in [0.1, 0.15) is 5.75 Å². The Balaban J connectivity index is 1.81. The minimum Gasteiger partial charge on any atom is -0.494 e. The van der Waals surface area contributed by atoms with Gasteiger partial charge in [0, 0.05) is 24.1 Å². The molecule has 180 valence electrons. The second kappa shape index (κ2) is 10.0. The number of fused-ring (bicyclic) bond motifs is 1. The number of Topliss-reactive ketones (excluding diaryl/α,β-unsaturated/α-hetero) is 1. The summed E-state index contributed by atoms with van der Waals surface area (Å²) in [5.41, 5.74) is 4.07. The van der Waals surface area contributed by atoms with Gasteiger partial charge in [0.2, 0.25) is 5.91 Å². The first kappa shape index (κ1) is 24.1. The third-order valence-corrected chi connectivity index (χ3v) is 6.68. The molecule has 0 bridgehead atoms. The Hall–Kier alpha value is -3.08. The number of amides is 1. The summed E-state index contributed by atoms with van der Waals surface area (Å²) in [6.45, 7) is 8.99. The molecule has 1 N–H and O–H groups in total. The van der Waals surface area contributed by atoms with E-state index in [-0.39, 0.29) is 17.1 Å². The lowest BCUT2D eigenvalue weighted by atomic mass is 9.73. The van der Waals surface area contributed by atoms with E-state index >= 15 is 0 Å². The zero-order valence-electron chi connectivity index (χ0n) is 20.8. The Kier molecular flexibility index (Phi) is 7.11. The van der Waals surface area contributed by atoms with Crippen LogP contribution in [0.4, 0.5) is 11.4 Å². The van der Waals surface area contributed by atoms with E-state index in [4.69, 9.17) is 4.74 Å². The maximum atomic E-state index is 13.6. The van der Waals surface area contributed by atoms with Crippen LogP contribution in [0.5, 0.6) is 5.75 Å². The smallest absolute Gasteiger partial charge is 0.227 e. The molecule has 1 atom stereocenters. The summed E-state index contributed by atoms with van der Waals surface area (Å²) in [7, 11) is 0. The summed E-state index contributed by atoms with van der Waals surface area (Å²) < 4.78 is 5.91. The van der Waals surface area contributed by atoms with E-state index in [0.717, 1.165) is 54.1 Å². The first-order valence-electron chi connectivity index (χ1n) is 12.5. The first-order chi connectivity index (χ1) is 16.3. The molecule has 0 fully saturated rings. The topological polar surface area (TPSA) is 58.6 Å². The fourth-order valence-electron chi connectivity index (χ4n) is 5.04. The minimum absolute atomic E-state index is 0.00877. The predicted octanol–water partition coefficient (Wildman–Crippen LogP) is 6.81. The molecule has 0 spiro atoms. The van der Waals surface area contributed by atoms with E-state index in [1.807, 2.05) is 60.4 Å². The molecule has 1 aliphatic heterocycles. The molecule has 1 aliphatic carbocycles. The van der Waals surface area contributed by atoms with Crippen molar-refractivity contribution in [2.24, 2.45) is 5.41 Å². The average Bonchev–Trinajstić information content (AvgIpc) is 2.95. The molecule has 2 aromatic carbocycles. The molecule has 5 nitrogen and oxygen atoms in total. The van der Waals surface area contributed by atoms with Gasteiger partial charge in [-0.05, 0) is 48.1 Å². The van der Waals surface area contributed by atoms with Gasteiger partial charge in [-0.2, -0.15) is 0 Å². The van der Waals surface area contributed by atoms with Crippen molar-refractivity contribution in [2.45, 2.75) is 72.3 Å². The standard InChI is InChI=1S/C29H36N2O3/c1-5-7-10-17-34-21-15-13-20(14-16-21)28-27-23(18-29(3,4)19-25(27)32)30-22-11-8-9-12-24(22)31(28)26(33)6-2/h8-9,11-16,28,30H,5-7,10,17-19H2,1-4H3. The zero-order valence-corrected chi connectivity index (χ0v) is 20.8. The van der Waals surface area contributed by atoms with Crippen LogP contribution in [0.25, 0.3) is 0 Å². The highest BCUT2D eigenvalue weighted by atomic mass is 16.5. The van der Waals surface area contributed by atoms with Crippen LogP contribution in [0.15, 0.2) is 59.8 Å². The van der Waals surface area contributed by atoms with Gasteiger partial charge in [-0.25, -0.2) is 0 Å². The molecule has 2 aromatic rings. The fraction of sp³-hybridized carbons (Fsp3) is 0.448.